The minimum absolute atomic E-state index is 0. The van der Waals surface area contributed by atoms with Crippen molar-refractivity contribution in [3.8, 4) is 11.9 Å². The van der Waals surface area contributed by atoms with Crippen LogP contribution in [0.15, 0.2) is 43.0 Å². The number of nitriles is 1. The second-order valence-corrected chi connectivity index (χ2v) is 6.30. The normalized spacial score (nSPS) is 15.7. The Morgan fingerprint density at radius 2 is 2.20 bits per heavy atom. The third-order valence-electron chi connectivity index (χ3n) is 4.37. The van der Waals surface area contributed by atoms with E-state index in [4.69, 9.17) is 10.00 Å². The van der Waals surface area contributed by atoms with Crippen molar-refractivity contribution in [1.29, 1.82) is 5.26 Å². The van der Waals surface area contributed by atoms with Gasteiger partial charge in [0.25, 0.3) is 5.91 Å². The summed E-state index contributed by atoms with van der Waals surface area (Å²) in [5.41, 5.74) is 1.22. The number of benzene rings is 1. The van der Waals surface area contributed by atoms with Gasteiger partial charge in [-0.2, -0.15) is 10.4 Å². The van der Waals surface area contributed by atoms with Gasteiger partial charge in [0.15, 0.2) is 11.5 Å². The maximum atomic E-state index is 14.5. The molecule has 11 heteroatoms. The third-order valence-corrected chi connectivity index (χ3v) is 4.37. The SMILES string of the molecule is Cl.N#Cc1cnc(-n2cc(C(=O)Nc3ccc([C@H]4CNCCO4)c(F)c3)cn2)cn1. The van der Waals surface area contributed by atoms with Crippen LogP contribution in [0, 0.1) is 17.1 Å². The molecule has 0 bridgehead atoms. The van der Waals surface area contributed by atoms with Crippen LogP contribution in [0.5, 0.6) is 0 Å². The first-order chi connectivity index (χ1) is 14.1. The lowest BCUT2D eigenvalue weighted by molar-refractivity contribution is 0.0255. The third kappa shape index (κ3) is 4.60. The standard InChI is InChI=1S/C19H16FN7O2.ClH/c20-16-5-13(1-2-15(16)17-9-22-3-4-29-17)26-19(28)12-7-25-27(11-12)18-10-23-14(6-21)8-24-18;/h1-2,5,7-8,10-11,17,22H,3-4,9H2,(H,26,28);1H/t17-;/m1./s1. The van der Waals surface area contributed by atoms with Crippen LogP contribution in [0.3, 0.4) is 0 Å². The van der Waals surface area contributed by atoms with Gasteiger partial charge >= 0.3 is 0 Å². The molecule has 1 amide bonds. The fourth-order valence-corrected chi connectivity index (χ4v) is 2.90. The summed E-state index contributed by atoms with van der Waals surface area (Å²) < 4.78 is 21.4. The summed E-state index contributed by atoms with van der Waals surface area (Å²) in [6.07, 6.45) is 5.18. The molecular formula is C19H17ClFN7O2. The largest absolute Gasteiger partial charge is 0.371 e. The summed E-state index contributed by atoms with van der Waals surface area (Å²) in [5, 5.41) is 18.6. The first kappa shape index (κ1) is 21.3. The zero-order valence-electron chi connectivity index (χ0n) is 15.6. The van der Waals surface area contributed by atoms with E-state index < -0.39 is 11.7 Å². The summed E-state index contributed by atoms with van der Waals surface area (Å²) >= 11 is 0. The van der Waals surface area contributed by atoms with Crippen molar-refractivity contribution >= 4 is 24.0 Å². The fourth-order valence-electron chi connectivity index (χ4n) is 2.90. The average molecular weight is 430 g/mol. The maximum Gasteiger partial charge on any atom is 0.258 e. The number of morpholine rings is 1. The zero-order chi connectivity index (χ0) is 20.2. The van der Waals surface area contributed by atoms with Crippen molar-refractivity contribution in [3.63, 3.8) is 0 Å². The predicted octanol–water partition coefficient (Wildman–Crippen LogP) is 2.01. The summed E-state index contributed by atoms with van der Waals surface area (Å²) in [6.45, 7) is 1.81. The second kappa shape index (κ2) is 9.41. The number of anilines is 1. The van der Waals surface area contributed by atoms with Crippen molar-refractivity contribution < 1.29 is 13.9 Å². The Morgan fingerprint density at radius 3 is 2.87 bits per heavy atom. The average Bonchev–Trinajstić information content (AvgIpc) is 3.25. The van der Waals surface area contributed by atoms with E-state index in [1.807, 2.05) is 6.07 Å². The molecule has 2 aromatic heterocycles. The van der Waals surface area contributed by atoms with Crippen LogP contribution < -0.4 is 10.6 Å². The molecule has 2 N–H and O–H groups in total. The van der Waals surface area contributed by atoms with Crippen LogP contribution >= 0.6 is 12.4 Å². The monoisotopic (exact) mass is 429 g/mol. The first-order valence-electron chi connectivity index (χ1n) is 8.84. The Hall–Kier alpha value is -3.39. The molecule has 9 nitrogen and oxygen atoms in total. The summed E-state index contributed by atoms with van der Waals surface area (Å²) in [4.78, 5) is 20.4. The van der Waals surface area contributed by atoms with Crippen LogP contribution in [-0.4, -0.2) is 45.4 Å². The first-order valence-corrected chi connectivity index (χ1v) is 8.84. The van der Waals surface area contributed by atoms with E-state index >= 15 is 0 Å². The fraction of sp³-hybridized carbons (Fsp3) is 0.211. The van der Waals surface area contributed by atoms with Gasteiger partial charge in [-0.05, 0) is 12.1 Å². The van der Waals surface area contributed by atoms with E-state index in [0.29, 0.717) is 30.2 Å². The molecule has 0 spiro atoms. The number of carbonyl (C=O) groups excluding carboxylic acids is 1. The summed E-state index contributed by atoms with van der Waals surface area (Å²) in [7, 11) is 0. The predicted molar refractivity (Wildman–Crippen MR) is 107 cm³/mol. The molecule has 1 fully saturated rings. The Bertz CT molecular complexity index is 1080. The van der Waals surface area contributed by atoms with Gasteiger partial charge in [0.2, 0.25) is 0 Å². The number of hydrogen-bond acceptors (Lipinski definition) is 7. The molecule has 1 aromatic carbocycles. The van der Waals surface area contributed by atoms with E-state index in [0.717, 1.165) is 6.54 Å². The number of rotatable bonds is 4. The van der Waals surface area contributed by atoms with Crippen LogP contribution in [-0.2, 0) is 4.74 Å². The lowest BCUT2D eigenvalue weighted by Gasteiger charge is -2.24. The smallest absolute Gasteiger partial charge is 0.258 e. The quantitative estimate of drug-likeness (QED) is 0.651. The number of hydrogen-bond donors (Lipinski definition) is 2. The number of carbonyl (C=O) groups is 1. The van der Waals surface area contributed by atoms with Gasteiger partial charge < -0.3 is 15.4 Å². The molecule has 0 saturated carbocycles. The van der Waals surface area contributed by atoms with Crippen molar-refractivity contribution in [2.75, 3.05) is 25.0 Å². The molecule has 3 heterocycles. The second-order valence-electron chi connectivity index (χ2n) is 6.30. The van der Waals surface area contributed by atoms with Gasteiger partial charge in [-0.1, -0.05) is 6.07 Å². The van der Waals surface area contributed by atoms with Crippen LogP contribution in [0.25, 0.3) is 5.82 Å². The highest BCUT2D eigenvalue weighted by Crippen LogP contribution is 2.24. The molecule has 154 valence electrons. The van der Waals surface area contributed by atoms with E-state index in [2.05, 4.69) is 25.7 Å². The molecule has 0 unspecified atom stereocenters. The molecule has 1 saturated heterocycles. The van der Waals surface area contributed by atoms with E-state index in [1.165, 1.54) is 35.5 Å². The topological polar surface area (TPSA) is 118 Å². The molecule has 3 aromatic rings. The van der Waals surface area contributed by atoms with Crippen molar-refractivity contribution in [3.05, 3.63) is 65.6 Å². The minimum Gasteiger partial charge on any atom is -0.371 e. The van der Waals surface area contributed by atoms with E-state index in [9.17, 15) is 9.18 Å². The van der Waals surface area contributed by atoms with Gasteiger partial charge in [0.05, 0.1) is 36.9 Å². The molecule has 1 aliphatic rings. The lowest BCUT2D eigenvalue weighted by atomic mass is 10.1. The molecular weight excluding hydrogens is 413 g/mol. The molecule has 1 aliphatic heterocycles. The summed E-state index contributed by atoms with van der Waals surface area (Å²) in [5.74, 6) is -0.528. The highest BCUT2D eigenvalue weighted by Gasteiger charge is 2.20. The van der Waals surface area contributed by atoms with E-state index in [1.54, 1.807) is 12.1 Å². The van der Waals surface area contributed by atoms with Crippen molar-refractivity contribution in [2.24, 2.45) is 0 Å². The maximum absolute atomic E-state index is 14.5. The molecule has 0 radical (unpaired) electrons. The zero-order valence-corrected chi connectivity index (χ0v) is 16.4. The van der Waals surface area contributed by atoms with Gasteiger partial charge in [-0.15, -0.1) is 12.4 Å². The highest BCUT2D eigenvalue weighted by molar-refractivity contribution is 6.04. The van der Waals surface area contributed by atoms with Crippen LogP contribution in [0.1, 0.15) is 27.7 Å². The van der Waals surface area contributed by atoms with Gasteiger partial charge in [0.1, 0.15) is 11.9 Å². The Balaban J connectivity index is 0.00000256. The Labute approximate surface area is 177 Å². The van der Waals surface area contributed by atoms with Gasteiger partial charge in [-0.25, -0.2) is 19.0 Å². The highest BCUT2D eigenvalue weighted by atomic mass is 35.5. The van der Waals surface area contributed by atoms with Crippen molar-refractivity contribution in [2.45, 2.75) is 6.10 Å². The van der Waals surface area contributed by atoms with Gasteiger partial charge in [0, 0.05) is 30.5 Å². The number of halogens is 2. The number of amides is 1. The summed E-state index contributed by atoms with van der Waals surface area (Å²) in [6, 6.07) is 6.38. The van der Waals surface area contributed by atoms with Crippen LogP contribution in [0.4, 0.5) is 10.1 Å². The minimum atomic E-state index is -0.444. The lowest BCUT2D eigenvalue weighted by Crippen LogP contribution is -2.33. The Kier molecular flexibility index (Phi) is 6.68. The molecule has 30 heavy (non-hydrogen) atoms. The number of ether oxygens (including phenoxy) is 1. The number of nitrogens with zero attached hydrogens (tertiary/aromatic N) is 5. The molecule has 1 atom stereocenters. The Morgan fingerprint density at radius 1 is 1.33 bits per heavy atom. The van der Waals surface area contributed by atoms with Crippen molar-refractivity contribution in [1.82, 2.24) is 25.1 Å². The molecule has 4 rings (SSSR count). The molecule has 0 aliphatic carbocycles. The van der Waals surface area contributed by atoms with E-state index in [-0.39, 0.29) is 29.8 Å². The van der Waals surface area contributed by atoms with Crippen LogP contribution in [0.2, 0.25) is 0 Å². The number of nitrogens with one attached hydrogen (secondary N) is 2. The van der Waals surface area contributed by atoms with Gasteiger partial charge in [-0.3, -0.25) is 4.79 Å². The number of aromatic nitrogens is 4.